The SMILES string of the molecule is CCCN(C)C.COS(=O)(=O)O. The zero-order valence-electron chi connectivity index (χ0n) is 7.94. The molecule has 0 heterocycles. The summed E-state index contributed by atoms with van der Waals surface area (Å²) in [5.41, 5.74) is 0. The predicted octanol–water partition coefficient (Wildman–Crippen LogP) is 0.394. The van der Waals surface area contributed by atoms with E-state index in [-0.39, 0.29) is 0 Å². The van der Waals surface area contributed by atoms with Crippen molar-refractivity contribution in [3.63, 3.8) is 0 Å². The molecule has 0 aromatic rings. The van der Waals surface area contributed by atoms with Gasteiger partial charge in [-0.25, -0.2) is 0 Å². The van der Waals surface area contributed by atoms with Gasteiger partial charge in [0.05, 0.1) is 7.11 Å². The van der Waals surface area contributed by atoms with Crippen LogP contribution in [-0.2, 0) is 14.6 Å². The lowest BCUT2D eigenvalue weighted by Crippen LogP contribution is -2.11. The summed E-state index contributed by atoms with van der Waals surface area (Å²) < 4.78 is 29.7. The molecular formula is C6H17NO4S. The molecule has 0 saturated heterocycles. The van der Waals surface area contributed by atoms with E-state index >= 15 is 0 Å². The topological polar surface area (TPSA) is 66.8 Å². The van der Waals surface area contributed by atoms with E-state index in [2.05, 4.69) is 30.1 Å². The van der Waals surface area contributed by atoms with Gasteiger partial charge in [0.15, 0.2) is 0 Å². The summed E-state index contributed by atoms with van der Waals surface area (Å²) in [5, 5.41) is 0. The molecule has 0 aromatic heterocycles. The number of hydrogen-bond acceptors (Lipinski definition) is 4. The van der Waals surface area contributed by atoms with Gasteiger partial charge in [-0.15, -0.1) is 0 Å². The maximum atomic E-state index is 9.33. The fourth-order valence-corrected chi connectivity index (χ4v) is 0.447. The van der Waals surface area contributed by atoms with E-state index in [9.17, 15) is 8.42 Å². The Morgan fingerprint density at radius 3 is 1.75 bits per heavy atom. The first kappa shape index (κ1) is 14.4. The molecular weight excluding hydrogens is 182 g/mol. The Hall–Kier alpha value is -0.170. The van der Waals surface area contributed by atoms with Crippen LogP contribution < -0.4 is 0 Å². The average Bonchev–Trinajstić information content (AvgIpc) is 1.87. The molecule has 5 nitrogen and oxygen atoms in total. The van der Waals surface area contributed by atoms with Crippen LogP contribution in [0.4, 0.5) is 0 Å². The van der Waals surface area contributed by atoms with E-state index in [0.29, 0.717) is 0 Å². The van der Waals surface area contributed by atoms with Gasteiger partial charge in [0.1, 0.15) is 0 Å². The van der Waals surface area contributed by atoms with Gasteiger partial charge >= 0.3 is 10.4 Å². The lowest BCUT2D eigenvalue weighted by Gasteiger charge is -2.03. The van der Waals surface area contributed by atoms with Crippen LogP contribution in [0.2, 0.25) is 0 Å². The monoisotopic (exact) mass is 199 g/mol. The van der Waals surface area contributed by atoms with Gasteiger partial charge < -0.3 is 4.90 Å². The molecule has 0 aliphatic rings. The molecule has 0 spiro atoms. The minimum Gasteiger partial charge on any atom is -0.309 e. The van der Waals surface area contributed by atoms with Crippen molar-refractivity contribution in [3.05, 3.63) is 0 Å². The van der Waals surface area contributed by atoms with Crippen LogP contribution in [0.25, 0.3) is 0 Å². The first-order valence-corrected chi connectivity index (χ1v) is 4.87. The Morgan fingerprint density at radius 2 is 1.75 bits per heavy atom. The van der Waals surface area contributed by atoms with Crippen LogP contribution in [0, 0.1) is 0 Å². The molecule has 76 valence electrons. The fraction of sp³-hybridized carbons (Fsp3) is 1.00. The fourth-order valence-electron chi connectivity index (χ4n) is 0.447. The Kier molecular flexibility index (Phi) is 8.95. The summed E-state index contributed by atoms with van der Waals surface area (Å²) >= 11 is 0. The maximum absolute atomic E-state index is 9.33. The van der Waals surface area contributed by atoms with Crippen molar-refractivity contribution in [2.24, 2.45) is 0 Å². The number of hydrogen-bond donors (Lipinski definition) is 1. The van der Waals surface area contributed by atoms with Crippen molar-refractivity contribution in [2.75, 3.05) is 27.7 Å². The lowest BCUT2D eigenvalue weighted by atomic mass is 10.5. The van der Waals surface area contributed by atoms with E-state index in [1.165, 1.54) is 13.0 Å². The largest absolute Gasteiger partial charge is 0.397 e. The molecule has 0 fully saturated rings. The Bertz CT molecular complexity index is 176. The van der Waals surface area contributed by atoms with E-state index in [0.717, 1.165) is 7.11 Å². The van der Waals surface area contributed by atoms with E-state index in [1.54, 1.807) is 0 Å². The van der Waals surface area contributed by atoms with E-state index in [4.69, 9.17) is 4.55 Å². The zero-order chi connectivity index (χ0) is 10.2. The molecule has 0 atom stereocenters. The summed E-state index contributed by atoms with van der Waals surface area (Å²) in [7, 11) is 0.882. The van der Waals surface area contributed by atoms with Crippen molar-refractivity contribution in [3.8, 4) is 0 Å². The molecule has 0 unspecified atom stereocenters. The highest BCUT2D eigenvalue weighted by Crippen LogP contribution is 1.76. The average molecular weight is 199 g/mol. The summed E-state index contributed by atoms with van der Waals surface area (Å²) in [6, 6.07) is 0. The van der Waals surface area contributed by atoms with Crippen LogP contribution in [0.15, 0.2) is 0 Å². The molecule has 0 radical (unpaired) electrons. The molecule has 0 saturated carbocycles. The van der Waals surface area contributed by atoms with Gasteiger partial charge in [-0.1, -0.05) is 6.92 Å². The minimum atomic E-state index is -4.16. The zero-order valence-corrected chi connectivity index (χ0v) is 8.76. The molecule has 0 rings (SSSR count). The third-order valence-corrected chi connectivity index (χ3v) is 1.30. The molecule has 0 amide bonds. The first-order valence-electron chi connectivity index (χ1n) is 3.51. The molecule has 1 N–H and O–H groups in total. The lowest BCUT2D eigenvalue weighted by molar-refractivity contribution is 0.324. The van der Waals surface area contributed by atoms with Gasteiger partial charge in [0.25, 0.3) is 0 Å². The van der Waals surface area contributed by atoms with Crippen molar-refractivity contribution in [1.82, 2.24) is 4.90 Å². The van der Waals surface area contributed by atoms with Gasteiger partial charge in [-0.3, -0.25) is 8.74 Å². The Balaban J connectivity index is 0. The van der Waals surface area contributed by atoms with Crippen molar-refractivity contribution < 1.29 is 17.2 Å². The number of nitrogens with zero attached hydrogens (tertiary/aromatic N) is 1. The summed E-state index contributed by atoms with van der Waals surface area (Å²) in [4.78, 5) is 2.18. The highest BCUT2D eigenvalue weighted by Gasteiger charge is 1.94. The van der Waals surface area contributed by atoms with Crippen molar-refractivity contribution in [1.29, 1.82) is 0 Å². The predicted molar refractivity (Wildman–Crippen MR) is 47.4 cm³/mol. The Morgan fingerprint density at radius 1 is 1.42 bits per heavy atom. The normalized spacial score (nSPS) is 10.8. The van der Waals surface area contributed by atoms with E-state index in [1.807, 2.05) is 0 Å². The van der Waals surface area contributed by atoms with Gasteiger partial charge in [-0.2, -0.15) is 8.42 Å². The molecule has 6 heteroatoms. The van der Waals surface area contributed by atoms with Crippen LogP contribution in [0.1, 0.15) is 13.3 Å². The second-order valence-corrected chi connectivity index (χ2v) is 3.59. The van der Waals surface area contributed by atoms with Gasteiger partial charge in [0.2, 0.25) is 0 Å². The standard InChI is InChI=1S/C5H13N.CH4O4S/c1-4-5-6(2)3;1-5-6(2,3)4/h4-5H2,1-3H3;1H3,(H,2,3,4). The van der Waals surface area contributed by atoms with Crippen molar-refractivity contribution in [2.45, 2.75) is 13.3 Å². The third-order valence-electron chi connectivity index (χ3n) is 0.881. The van der Waals surface area contributed by atoms with Gasteiger partial charge in [-0.05, 0) is 27.1 Å². The molecule has 0 aliphatic carbocycles. The van der Waals surface area contributed by atoms with Gasteiger partial charge in [0, 0.05) is 0 Å². The highest BCUT2D eigenvalue weighted by atomic mass is 32.3. The second kappa shape index (κ2) is 7.48. The van der Waals surface area contributed by atoms with Crippen LogP contribution >= 0.6 is 0 Å². The molecule has 0 aromatic carbocycles. The molecule has 0 bridgehead atoms. The smallest absolute Gasteiger partial charge is 0.309 e. The minimum absolute atomic E-state index is 0.870. The second-order valence-electron chi connectivity index (χ2n) is 2.40. The summed E-state index contributed by atoms with van der Waals surface area (Å²) in [6.45, 7) is 3.39. The highest BCUT2D eigenvalue weighted by molar-refractivity contribution is 7.80. The Labute approximate surface area is 74.3 Å². The third kappa shape index (κ3) is 22.5. The molecule has 0 aliphatic heterocycles. The van der Waals surface area contributed by atoms with E-state index < -0.39 is 10.4 Å². The van der Waals surface area contributed by atoms with Crippen LogP contribution in [-0.4, -0.2) is 45.6 Å². The van der Waals surface area contributed by atoms with Crippen LogP contribution in [0.5, 0.6) is 0 Å². The number of rotatable bonds is 3. The van der Waals surface area contributed by atoms with Crippen molar-refractivity contribution >= 4 is 10.4 Å². The quantitative estimate of drug-likeness (QED) is 0.666. The molecule has 12 heavy (non-hydrogen) atoms. The summed E-state index contributed by atoms with van der Waals surface area (Å²) in [5.74, 6) is 0. The van der Waals surface area contributed by atoms with Crippen LogP contribution in [0.3, 0.4) is 0 Å². The first-order chi connectivity index (χ1) is 5.33. The summed E-state index contributed by atoms with van der Waals surface area (Å²) in [6.07, 6.45) is 1.26. The maximum Gasteiger partial charge on any atom is 0.397 e.